The highest BCUT2D eigenvalue weighted by atomic mass is 32.2. The van der Waals surface area contributed by atoms with E-state index < -0.39 is 28.6 Å². The maximum absolute atomic E-state index is 13.4. The summed E-state index contributed by atoms with van der Waals surface area (Å²) in [6.45, 7) is 1.91. The first kappa shape index (κ1) is 15.8. The van der Waals surface area contributed by atoms with E-state index in [1.807, 2.05) is 19.1 Å². The summed E-state index contributed by atoms with van der Waals surface area (Å²) in [7, 11) is 0. The van der Waals surface area contributed by atoms with Crippen LogP contribution in [0.25, 0.3) is 0 Å². The highest BCUT2D eigenvalue weighted by Crippen LogP contribution is 2.33. The van der Waals surface area contributed by atoms with E-state index in [2.05, 4.69) is 0 Å². The molecule has 0 spiro atoms. The zero-order valence-electron chi connectivity index (χ0n) is 13.0. The second-order valence-electron chi connectivity index (χ2n) is 5.74. The number of furan rings is 1. The van der Waals surface area contributed by atoms with Crippen molar-refractivity contribution in [3.63, 3.8) is 0 Å². The topological polar surface area (TPSA) is 70.3 Å². The van der Waals surface area contributed by atoms with Gasteiger partial charge in [-0.2, -0.15) is 0 Å². The third-order valence-electron chi connectivity index (χ3n) is 4.05. The van der Waals surface area contributed by atoms with E-state index in [1.54, 1.807) is 12.1 Å². The van der Waals surface area contributed by atoms with E-state index in [4.69, 9.17) is 4.42 Å². The number of aryl methyl sites for hydroxylation is 1. The maximum Gasteiger partial charge on any atom is 0.318 e. The average Bonchev–Trinajstić information content (AvgIpc) is 3.05. The van der Waals surface area contributed by atoms with E-state index >= 15 is 0 Å². The summed E-state index contributed by atoms with van der Waals surface area (Å²) >= 11 is -1.66. The zero-order chi connectivity index (χ0) is 17.7. The molecule has 0 aliphatic heterocycles. The second-order valence-corrected chi connectivity index (χ2v) is 7.15. The second kappa shape index (κ2) is 5.68. The summed E-state index contributed by atoms with van der Waals surface area (Å²) in [4.78, 5) is 25.6. The third kappa shape index (κ3) is 2.50. The van der Waals surface area contributed by atoms with Crippen molar-refractivity contribution >= 4 is 22.7 Å². The van der Waals surface area contributed by atoms with E-state index in [-0.39, 0.29) is 27.5 Å². The molecule has 0 amide bonds. The lowest BCUT2D eigenvalue weighted by molar-refractivity contribution is 0.0957. The molecule has 4 nitrogen and oxygen atoms in total. The monoisotopic (exact) mass is 354 g/mol. The van der Waals surface area contributed by atoms with Gasteiger partial charge in [-0.25, -0.2) is 4.39 Å². The molecular weight excluding hydrogens is 343 g/mol. The van der Waals surface area contributed by atoms with Gasteiger partial charge in [0.15, 0.2) is 16.4 Å². The Kier molecular flexibility index (Phi) is 3.59. The van der Waals surface area contributed by atoms with Crippen molar-refractivity contribution in [1.82, 2.24) is 0 Å². The fraction of sp³-hybridized carbons (Fsp3) is 0.0526. The van der Waals surface area contributed by atoms with Gasteiger partial charge in [-0.3, -0.25) is 9.59 Å². The van der Waals surface area contributed by atoms with Crippen molar-refractivity contribution in [2.24, 2.45) is 0 Å². The van der Waals surface area contributed by atoms with Crippen molar-refractivity contribution in [1.29, 1.82) is 0 Å². The van der Waals surface area contributed by atoms with Crippen LogP contribution >= 0.6 is 0 Å². The van der Waals surface area contributed by atoms with Crippen molar-refractivity contribution in [3.8, 4) is 0 Å². The molecule has 0 bridgehead atoms. The number of carbonyl (C=O) groups excluding carboxylic acids is 2. The Morgan fingerprint density at radius 1 is 0.920 bits per heavy atom. The molecular formula is C19H11FO4S. The van der Waals surface area contributed by atoms with Gasteiger partial charge in [0.2, 0.25) is 5.78 Å². The Hall–Kier alpha value is -2.70. The Morgan fingerprint density at radius 3 is 2.36 bits per heavy atom. The first-order valence-electron chi connectivity index (χ1n) is 7.47. The molecule has 1 unspecified atom stereocenters. The predicted molar refractivity (Wildman–Crippen MR) is 87.8 cm³/mol. The maximum atomic E-state index is 13.4. The van der Waals surface area contributed by atoms with Crippen LogP contribution in [-0.2, 0) is 11.2 Å². The number of rotatable bonds is 2. The molecule has 25 heavy (non-hydrogen) atoms. The van der Waals surface area contributed by atoms with Crippen LogP contribution in [0.3, 0.4) is 0 Å². The molecule has 3 aromatic rings. The molecule has 1 aromatic heterocycles. The summed E-state index contributed by atoms with van der Waals surface area (Å²) < 4.78 is 31.5. The molecule has 1 heterocycles. The SMILES string of the molecule is Cc1ccc([S+]([O-])c2cc3c(o2)C(=O)c2cc(F)ccc2C3=O)cc1. The van der Waals surface area contributed by atoms with Crippen LogP contribution in [0.15, 0.2) is 62.9 Å². The van der Waals surface area contributed by atoms with Crippen molar-refractivity contribution in [2.45, 2.75) is 16.9 Å². The van der Waals surface area contributed by atoms with Crippen LogP contribution in [0.4, 0.5) is 4.39 Å². The lowest BCUT2D eigenvalue weighted by atomic mass is 9.88. The number of ketones is 2. The molecule has 4 rings (SSSR count). The minimum absolute atomic E-state index is 0.0174. The third-order valence-corrected chi connectivity index (χ3v) is 5.32. The fourth-order valence-corrected chi connectivity index (χ4v) is 3.74. The molecule has 1 aliphatic carbocycles. The van der Waals surface area contributed by atoms with Gasteiger partial charge in [-0.15, -0.1) is 0 Å². The molecule has 0 fully saturated rings. The highest BCUT2D eigenvalue weighted by Gasteiger charge is 2.36. The molecule has 1 atom stereocenters. The van der Waals surface area contributed by atoms with Crippen molar-refractivity contribution < 1.29 is 22.9 Å². The summed E-state index contributed by atoms with van der Waals surface area (Å²) in [5, 5.41) is 0.0174. The lowest BCUT2D eigenvalue weighted by Gasteiger charge is -2.12. The van der Waals surface area contributed by atoms with Gasteiger partial charge in [0.25, 0.3) is 0 Å². The molecule has 124 valence electrons. The molecule has 6 heteroatoms. The first-order chi connectivity index (χ1) is 12.0. The fourth-order valence-electron chi connectivity index (χ4n) is 2.74. The Labute approximate surface area is 145 Å². The summed E-state index contributed by atoms with van der Waals surface area (Å²) in [6, 6.07) is 11.8. The van der Waals surface area contributed by atoms with Crippen LogP contribution < -0.4 is 0 Å². The molecule has 2 aromatic carbocycles. The van der Waals surface area contributed by atoms with Gasteiger partial charge in [-0.1, -0.05) is 17.7 Å². The average molecular weight is 354 g/mol. The van der Waals surface area contributed by atoms with Gasteiger partial charge in [0.1, 0.15) is 5.82 Å². The van der Waals surface area contributed by atoms with E-state index in [9.17, 15) is 18.5 Å². The van der Waals surface area contributed by atoms with Crippen LogP contribution in [-0.4, -0.2) is 16.1 Å². The highest BCUT2D eigenvalue weighted by molar-refractivity contribution is 7.91. The van der Waals surface area contributed by atoms with Gasteiger partial charge in [0.05, 0.1) is 16.7 Å². The van der Waals surface area contributed by atoms with Crippen LogP contribution in [0.5, 0.6) is 0 Å². The standard InChI is InChI=1S/C19H11FO4S/c1-10-2-5-12(6-3-10)25(23)16-9-15-17(21)13-7-4-11(20)8-14(13)18(22)19(15)24-16/h2-9H,1H3. The normalized spacial score (nSPS) is 14.2. The van der Waals surface area contributed by atoms with Crippen molar-refractivity contribution in [2.75, 3.05) is 0 Å². The summed E-state index contributed by atoms with van der Waals surface area (Å²) in [5.74, 6) is -1.84. The molecule has 0 saturated carbocycles. The molecule has 0 N–H and O–H groups in total. The van der Waals surface area contributed by atoms with E-state index in [1.165, 1.54) is 12.1 Å². The van der Waals surface area contributed by atoms with E-state index in [0.29, 0.717) is 4.90 Å². The van der Waals surface area contributed by atoms with Gasteiger partial charge >= 0.3 is 5.09 Å². The van der Waals surface area contributed by atoms with Crippen LogP contribution in [0.1, 0.15) is 37.6 Å². The molecule has 1 aliphatic rings. The number of fused-ring (bicyclic) bond motifs is 2. The summed E-state index contributed by atoms with van der Waals surface area (Å²) in [6.07, 6.45) is 0. The van der Waals surface area contributed by atoms with Crippen molar-refractivity contribution in [3.05, 3.63) is 82.4 Å². The van der Waals surface area contributed by atoms with Crippen LogP contribution in [0.2, 0.25) is 0 Å². The Bertz CT molecular complexity index is 1020. The van der Waals surface area contributed by atoms with Gasteiger partial charge in [-0.05, 0) is 37.3 Å². The predicted octanol–water partition coefficient (Wildman–Crippen LogP) is 3.67. The number of hydrogen-bond acceptors (Lipinski definition) is 4. The molecule has 0 radical (unpaired) electrons. The van der Waals surface area contributed by atoms with E-state index in [0.717, 1.165) is 17.7 Å². The lowest BCUT2D eigenvalue weighted by Crippen LogP contribution is -2.19. The molecule has 0 saturated heterocycles. The number of halogens is 1. The number of hydrogen-bond donors (Lipinski definition) is 0. The number of carbonyl (C=O) groups is 2. The van der Waals surface area contributed by atoms with Gasteiger partial charge < -0.3 is 8.97 Å². The zero-order valence-corrected chi connectivity index (χ0v) is 13.9. The smallest absolute Gasteiger partial charge is 0.318 e. The summed E-state index contributed by atoms with van der Waals surface area (Å²) in [5.41, 5.74) is 1.15. The minimum atomic E-state index is -1.66. The van der Waals surface area contributed by atoms with Crippen LogP contribution in [0, 0.1) is 12.7 Å². The number of benzene rings is 2. The Morgan fingerprint density at radius 2 is 1.64 bits per heavy atom. The largest absolute Gasteiger partial charge is 0.604 e. The minimum Gasteiger partial charge on any atom is -0.604 e. The Balaban J connectivity index is 1.79. The first-order valence-corrected chi connectivity index (χ1v) is 8.62. The quantitative estimate of drug-likeness (QED) is 0.515. The van der Waals surface area contributed by atoms with Gasteiger partial charge in [0, 0.05) is 17.2 Å².